The van der Waals surface area contributed by atoms with E-state index in [1.807, 2.05) is 0 Å². The van der Waals surface area contributed by atoms with Gasteiger partial charge in [-0.25, -0.2) is 70.8 Å². The number of hydrogen-bond donors (Lipinski definition) is 0. The van der Waals surface area contributed by atoms with Gasteiger partial charge >= 0.3 is 16.5 Å². The van der Waals surface area contributed by atoms with Gasteiger partial charge in [0.1, 0.15) is 5.43 Å². The molecular weight excluding hydrogens is 1160 g/mol. The van der Waals surface area contributed by atoms with Crippen LogP contribution in [0, 0.1) is 87.3 Å². The predicted molar refractivity (Wildman–Crippen MR) is 270 cm³/mol. The van der Waals surface area contributed by atoms with E-state index in [-0.39, 0.29) is 21.8 Å². The molecule has 0 saturated heterocycles. The molecule has 0 saturated carbocycles. The van der Waals surface area contributed by atoms with E-state index in [2.05, 4.69) is 47.6 Å². The number of halogens is 17. The summed E-state index contributed by atoms with van der Waals surface area (Å²) in [6.45, 7) is 15.0. The maximum Gasteiger partial charge on any atom is 2.00 e. The van der Waals surface area contributed by atoms with Crippen molar-refractivity contribution < 1.29 is 86.8 Å². The molecule has 0 fully saturated rings. The summed E-state index contributed by atoms with van der Waals surface area (Å²) in [5.74, 6) is -37.6. The number of hydrogen-bond acceptors (Lipinski definition) is 2. The Morgan fingerprint density at radius 1 is 0.367 bits per heavy atom. The molecule has 1 aliphatic heterocycles. The van der Waals surface area contributed by atoms with E-state index < -0.39 is 171 Å². The van der Waals surface area contributed by atoms with E-state index in [1.165, 1.54) is 82.0 Å². The van der Waals surface area contributed by atoms with Crippen LogP contribution in [0.3, 0.4) is 0 Å². The van der Waals surface area contributed by atoms with E-state index >= 15 is 26.3 Å². The van der Waals surface area contributed by atoms with Gasteiger partial charge in [-0.1, -0.05) is 101 Å². The number of alkyl halides is 2. The molecule has 0 N–H and O–H groups in total. The summed E-state index contributed by atoms with van der Waals surface area (Å²) in [6, 6.07) is 4.78. The van der Waals surface area contributed by atoms with Crippen LogP contribution in [-0.2, 0) is 16.5 Å². The average Bonchev–Trinajstić information content (AvgIpc) is 4.37. The van der Waals surface area contributed by atoms with E-state index in [9.17, 15) is 44.3 Å². The molecular formula is C55H46Cl2F15N5NiO. The fraction of sp³-hybridized carbons (Fsp3) is 0.309. The maximum atomic E-state index is 15.6. The first-order chi connectivity index (χ1) is 37.1. The van der Waals surface area contributed by atoms with Crippen molar-refractivity contribution in [3.8, 4) is 33.4 Å². The molecule has 79 heavy (non-hydrogen) atoms. The predicted octanol–water partition coefficient (Wildman–Crippen LogP) is 16.5. The van der Waals surface area contributed by atoms with Crippen molar-refractivity contribution in [2.45, 2.75) is 79.1 Å². The van der Waals surface area contributed by atoms with Crippen LogP contribution >= 0.6 is 23.2 Å². The van der Waals surface area contributed by atoms with Gasteiger partial charge < -0.3 is 19.4 Å². The van der Waals surface area contributed by atoms with Crippen LogP contribution in [0.2, 0.25) is 0 Å². The van der Waals surface area contributed by atoms with Crippen LogP contribution in [0.15, 0.2) is 41.2 Å². The molecule has 1 aliphatic rings. The summed E-state index contributed by atoms with van der Waals surface area (Å²) in [5, 5.41) is 0.194. The van der Waals surface area contributed by atoms with Gasteiger partial charge in [0, 0.05) is 0 Å². The summed E-state index contributed by atoms with van der Waals surface area (Å²) in [6.07, 6.45) is 12.5. The second kappa shape index (κ2) is 27.5. The summed E-state index contributed by atoms with van der Waals surface area (Å²) in [4.78, 5) is 29.3. The Bertz CT molecular complexity index is 3480. The van der Waals surface area contributed by atoms with Gasteiger partial charge in [0.25, 0.3) is 0 Å². The van der Waals surface area contributed by atoms with Gasteiger partial charge in [0.2, 0.25) is 17.5 Å². The number of unbranched alkanes of at least 4 members (excludes halogenated alkanes) is 4. The van der Waals surface area contributed by atoms with Crippen LogP contribution < -0.4 is 20.4 Å². The fourth-order valence-corrected chi connectivity index (χ4v) is 8.95. The molecule has 0 radical (unpaired) electrons. The van der Waals surface area contributed by atoms with Crippen molar-refractivity contribution in [2.75, 3.05) is 31.5 Å². The van der Waals surface area contributed by atoms with E-state index in [0.717, 1.165) is 36.4 Å². The van der Waals surface area contributed by atoms with Crippen molar-refractivity contribution in [3.63, 3.8) is 0 Å². The second-order valence-corrected chi connectivity index (χ2v) is 18.7. The normalized spacial score (nSPS) is 11.7. The molecule has 0 spiro atoms. The summed E-state index contributed by atoms with van der Waals surface area (Å²) >= 11 is 9.53. The van der Waals surface area contributed by atoms with Gasteiger partial charge in [-0.15, -0.1) is 45.3 Å². The van der Waals surface area contributed by atoms with Crippen LogP contribution in [0.25, 0.3) is 78.6 Å². The zero-order valence-electron chi connectivity index (χ0n) is 42.2. The van der Waals surface area contributed by atoms with Crippen molar-refractivity contribution in [1.82, 2.24) is 19.9 Å². The smallest absolute Gasteiger partial charge is 0.657 e. The molecule has 0 amide bonds. The largest absolute Gasteiger partial charge is 2.00 e. The minimum absolute atomic E-state index is 0. The molecule has 8 rings (SSSR count). The van der Waals surface area contributed by atoms with Gasteiger partial charge in [0.05, 0.1) is 59.6 Å². The van der Waals surface area contributed by atoms with Crippen molar-refractivity contribution in [3.05, 3.63) is 145 Å². The molecule has 6 nitrogen and oxygen atoms in total. The van der Waals surface area contributed by atoms with Crippen molar-refractivity contribution in [1.29, 1.82) is 0 Å². The Morgan fingerprint density at radius 3 is 0.848 bits per heavy atom. The third kappa shape index (κ3) is 12.8. The summed E-state index contributed by atoms with van der Waals surface area (Å²) < 4.78 is 225. The molecule has 7 aromatic rings. The number of rotatable bonds is 15. The first-order valence-electron chi connectivity index (χ1n) is 24.3. The van der Waals surface area contributed by atoms with Crippen molar-refractivity contribution >= 4 is 68.5 Å². The molecule has 5 heterocycles. The van der Waals surface area contributed by atoms with Gasteiger partial charge in [-0.05, 0) is 54.5 Å². The maximum absolute atomic E-state index is 15.6. The SMILES string of the molecule is CCCC[N+](CCCC)(CCCC)CCCC.ClCCl.O=c1c2ccc([n-]2)c(-c2c(F)c(F)c(F)c(F)c2F)c2nc(c(-c3c(F)c(F)c(F)c(F)c3F)c3ccc([n-]3)c(-c3c(F)c(F)c(F)c(F)c3F)c3ccc1[n-]3)C=C2.[Ni+2]. The summed E-state index contributed by atoms with van der Waals surface area (Å²) in [5.41, 5.74) is -16.1. The van der Waals surface area contributed by atoms with Crippen LogP contribution in [0.4, 0.5) is 65.9 Å². The standard InChI is InChI=1S/C38H9F15N4O.C16H36N.CH2Cl2.Ni/c39-23-20(24(40)30(46)35(51)29(23)45)17-9-1-3-11(54-9)18(21-25(41)31(47)36(52)32(48)26(21)42)13-5-7-15(56-13)38(58)16-8-6-14(57-16)19(12-4-2-10(17)55-12)22-27(43)33(49)37(53)34(50)28(22)44;1-5-9-13-17(14-10-6-2,15-11-7-3)16-12-8-4;2-1-3;/h1-8H,(H-2,54,55,56,57,58);5-16H2,1-4H3;1H2;/q-2;+1;;+2/p-1. The first-order valence-corrected chi connectivity index (χ1v) is 25.4. The number of quaternary nitrogens is 1. The van der Waals surface area contributed by atoms with Gasteiger partial charge in [-0.3, -0.25) is 4.79 Å². The molecule has 3 aromatic carbocycles. The third-order valence-electron chi connectivity index (χ3n) is 12.9. The molecule has 8 bridgehead atoms. The fourth-order valence-electron chi connectivity index (χ4n) is 8.95. The third-order valence-corrected chi connectivity index (χ3v) is 12.9. The van der Waals surface area contributed by atoms with Gasteiger partial charge in [0.15, 0.2) is 69.8 Å². The second-order valence-electron chi connectivity index (χ2n) is 17.9. The minimum Gasteiger partial charge on any atom is -0.657 e. The van der Waals surface area contributed by atoms with E-state index in [0.29, 0.717) is 12.1 Å². The minimum atomic E-state index is -2.64. The zero-order valence-corrected chi connectivity index (χ0v) is 44.7. The Balaban J connectivity index is 0.000000468. The monoisotopic (exact) mass is 1210 g/mol. The molecule has 426 valence electrons. The number of nitrogens with zero attached hydrogens (tertiary/aromatic N) is 5. The number of fused-ring (bicyclic) bond motifs is 8. The first kappa shape index (κ1) is 63.9. The Morgan fingerprint density at radius 2 is 0.582 bits per heavy atom. The molecule has 0 atom stereocenters. The van der Waals surface area contributed by atoms with E-state index in [1.54, 1.807) is 0 Å². The number of benzene rings is 3. The Labute approximate surface area is 462 Å². The van der Waals surface area contributed by atoms with Crippen LogP contribution in [0.1, 0.15) is 90.4 Å². The molecule has 24 heteroatoms. The molecule has 0 unspecified atom stereocenters. The molecule has 4 aromatic heterocycles. The quantitative estimate of drug-likeness (QED) is 0.0255. The van der Waals surface area contributed by atoms with Crippen LogP contribution in [-0.4, -0.2) is 41.0 Å². The van der Waals surface area contributed by atoms with E-state index in [4.69, 9.17) is 23.2 Å². The molecule has 0 aliphatic carbocycles. The van der Waals surface area contributed by atoms with Crippen molar-refractivity contribution in [2.24, 2.45) is 0 Å². The zero-order chi connectivity index (χ0) is 57.5. The Kier molecular flexibility index (Phi) is 22.2. The topological polar surface area (TPSA) is 72.3 Å². The summed E-state index contributed by atoms with van der Waals surface area (Å²) in [7, 11) is 0. The van der Waals surface area contributed by atoms with Gasteiger partial charge in [-0.2, -0.15) is 0 Å². The average molecular weight is 1210 g/mol. The van der Waals surface area contributed by atoms with Crippen LogP contribution in [0.5, 0.6) is 0 Å². The Hall–Kier alpha value is -5.96. The number of aromatic nitrogens is 4.